The SMILES string of the molecule is CCN(CCNc1cccc(F)c1C(C)=O)c1cccc(C)c1. The highest BCUT2D eigenvalue weighted by molar-refractivity contribution is 5.99. The van der Waals surface area contributed by atoms with Gasteiger partial charge in [-0.2, -0.15) is 0 Å². The number of hydrogen-bond acceptors (Lipinski definition) is 3. The highest BCUT2D eigenvalue weighted by Gasteiger charge is 2.12. The second kappa shape index (κ2) is 7.77. The fourth-order valence-electron chi connectivity index (χ4n) is 2.65. The molecule has 1 N–H and O–H groups in total. The standard InChI is InChI=1S/C19H23FN2O/c1-4-22(16-8-5-7-14(2)13-16)12-11-21-18-10-6-9-17(20)19(18)15(3)23/h5-10,13,21H,4,11-12H2,1-3H3. The van der Waals surface area contributed by atoms with Crippen molar-refractivity contribution in [2.75, 3.05) is 29.9 Å². The molecule has 0 aliphatic carbocycles. The summed E-state index contributed by atoms with van der Waals surface area (Å²) in [5.41, 5.74) is 3.07. The van der Waals surface area contributed by atoms with Crippen LogP contribution in [0.3, 0.4) is 0 Å². The first kappa shape index (κ1) is 17.0. The van der Waals surface area contributed by atoms with Crippen molar-refractivity contribution in [1.82, 2.24) is 0 Å². The maximum absolute atomic E-state index is 13.8. The van der Waals surface area contributed by atoms with Crippen molar-refractivity contribution in [3.05, 3.63) is 59.4 Å². The van der Waals surface area contributed by atoms with Crippen molar-refractivity contribution in [2.24, 2.45) is 0 Å². The van der Waals surface area contributed by atoms with Crippen molar-refractivity contribution in [3.8, 4) is 0 Å². The second-order valence-corrected chi connectivity index (χ2v) is 5.56. The molecule has 0 unspecified atom stereocenters. The van der Waals surface area contributed by atoms with Gasteiger partial charge in [-0.05, 0) is 50.6 Å². The normalized spacial score (nSPS) is 10.4. The van der Waals surface area contributed by atoms with E-state index in [2.05, 4.69) is 42.3 Å². The lowest BCUT2D eigenvalue weighted by atomic mass is 10.1. The van der Waals surface area contributed by atoms with Crippen molar-refractivity contribution in [2.45, 2.75) is 20.8 Å². The zero-order valence-corrected chi connectivity index (χ0v) is 13.9. The maximum atomic E-state index is 13.8. The molecule has 0 amide bonds. The van der Waals surface area contributed by atoms with Crippen LogP contribution in [0.5, 0.6) is 0 Å². The van der Waals surface area contributed by atoms with Gasteiger partial charge in [-0.3, -0.25) is 4.79 Å². The Balaban J connectivity index is 2.04. The van der Waals surface area contributed by atoms with Crippen LogP contribution < -0.4 is 10.2 Å². The monoisotopic (exact) mass is 314 g/mol. The van der Waals surface area contributed by atoms with Gasteiger partial charge in [0.1, 0.15) is 5.82 Å². The summed E-state index contributed by atoms with van der Waals surface area (Å²) in [4.78, 5) is 13.9. The first-order chi connectivity index (χ1) is 11.0. The van der Waals surface area contributed by atoms with Crippen molar-refractivity contribution in [1.29, 1.82) is 0 Å². The molecule has 0 fully saturated rings. The topological polar surface area (TPSA) is 32.3 Å². The van der Waals surface area contributed by atoms with E-state index < -0.39 is 5.82 Å². The summed E-state index contributed by atoms with van der Waals surface area (Å²) in [7, 11) is 0. The average Bonchev–Trinajstić information content (AvgIpc) is 2.51. The number of aryl methyl sites for hydroxylation is 1. The molecular weight excluding hydrogens is 291 g/mol. The lowest BCUT2D eigenvalue weighted by molar-refractivity contribution is 0.101. The second-order valence-electron chi connectivity index (χ2n) is 5.56. The maximum Gasteiger partial charge on any atom is 0.164 e. The van der Waals surface area contributed by atoms with Crippen LogP contribution in [0.2, 0.25) is 0 Å². The van der Waals surface area contributed by atoms with Crippen LogP contribution in [0.1, 0.15) is 29.8 Å². The Morgan fingerprint density at radius 3 is 2.61 bits per heavy atom. The van der Waals surface area contributed by atoms with Gasteiger partial charge in [-0.25, -0.2) is 4.39 Å². The minimum Gasteiger partial charge on any atom is -0.383 e. The van der Waals surface area contributed by atoms with Gasteiger partial charge >= 0.3 is 0 Å². The number of hydrogen-bond donors (Lipinski definition) is 1. The van der Waals surface area contributed by atoms with E-state index in [9.17, 15) is 9.18 Å². The highest BCUT2D eigenvalue weighted by Crippen LogP contribution is 2.20. The van der Waals surface area contributed by atoms with Crippen LogP contribution >= 0.6 is 0 Å². The fraction of sp³-hybridized carbons (Fsp3) is 0.316. The van der Waals surface area contributed by atoms with E-state index in [0.717, 1.165) is 13.1 Å². The lowest BCUT2D eigenvalue weighted by Crippen LogP contribution is -2.29. The van der Waals surface area contributed by atoms with Crippen molar-refractivity contribution >= 4 is 17.2 Å². The smallest absolute Gasteiger partial charge is 0.164 e. The van der Waals surface area contributed by atoms with E-state index in [1.807, 2.05) is 6.07 Å². The Bertz CT molecular complexity index is 685. The zero-order chi connectivity index (χ0) is 16.8. The number of halogens is 1. The van der Waals surface area contributed by atoms with Gasteiger partial charge in [-0.15, -0.1) is 0 Å². The number of rotatable bonds is 7. The molecule has 0 aliphatic rings. The molecule has 0 aliphatic heterocycles. The number of carbonyl (C=O) groups is 1. The number of anilines is 2. The first-order valence-electron chi connectivity index (χ1n) is 7.88. The summed E-state index contributed by atoms with van der Waals surface area (Å²) >= 11 is 0. The number of likely N-dealkylation sites (N-methyl/N-ethyl adjacent to an activating group) is 1. The number of carbonyl (C=O) groups excluding carboxylic acids is 1. The Morgan fingerprint density at radius 1 is 1.22 bits per heavy atom. The van der Waals surface area contributed by atoms with Gasteiger partial charge in [0.2, 0.25) is 0 Å². The summed E-state index contributed by atoms with van der Waals surface area (Å²) in [6.07, 6.45) is 0. The number of nitrogens with zero attached hydrogens (tertiary/aromatic N) is 1. The van der Waals surface area contributed by atoms with Crippen LogP contribution in [0, 0.1) is 12.7 Å². The summed E-state index contributed by atoms with van der Waals surface area (Å²) in [5.74, 6) is -0.745. The summed E-state index contributed by atoms with van der Waals surface area (Å²) in [6, 6.07) is 13.0. The molecule has 0 radical (unpaired) electrons. The third-order valence-electron chi connectivity index (χ3n) is 3.81. The minimum absolute atomic E-state index is 0.131. The van der Waals surface area contributed by atoms with Crippen LogP contribution in [-0.4, -0.2) is 25.4 Å². The van der Waals surface area contributed by atoms with E-state index >= 15 is 0 Å². The van der Waals surface area contributed by atoms with Gasteiger partial charge in [0.15, 0.2) is 5.78 Å². The summed E-state index contributed by atoms with van der Waals surface area (Å²) in [6.45, 7) is 7.84. The quantitative estimate of drug-likeness (QED) is 0.774. The molecule has 0 bridgehead atoms. The largest absolute Gasteiger partial charge is 0.383 e. The number of benzene rings is 2. The molecule has 23 heavy (non-hydrogen) atoms. The molecule has 0 saturated carbocycles. The van der Waals surface area contributed by atoms with E-state index in [0.29, 0.717) is 12.2 Å². The minimum atomic E-state index is -0.478. The molecule has 122 valence electrons. The van der Waals surface area contributed by atoms with Crippen LogP contribution in [-0.2, 0) is 0 Å². The highest BCUT2D eigenvalue weighted by atomic mass is 19.1. The predicted molar refractivity (Wildman–Crippen MR) is 94.0 cm³/mol. The third-order valence-corrected chi connectivity index (χ3v) is 3.81. The van der Waals surface area contributed by atoms with E-state index in [1.165, 1.54) is 24.2 Å². The van der Waals surface area contributed by atoms with Gasteiger partial charge in [0, 0.05) is 31.0 Å². The molecule has 0 spiro atoms. The average molecular weight is 314 g/mol. The van der Waals surface area contributed by atoms with Gasteiger partial charge < -0.3 is 10.2 Å². The molecule has 4 heteroatoms. The van der Waals surface area contributed by atoms with Crippen LogP contribution in [0.25, 0.3) is 0 Å². The van der Waals surface area contributed by atoms with Crippen LogP contribution in [0.15, 0.2) is 42.5 Å². The molecular formula is C19H23FN2O. The Morgan fingerprint density at radius 2 is 1.96 bits per heavy atom. The van der Waals surface area contributed by atoms with Gasteiger partial charge in [-0.1, -0.05) is 18.2 Å². The molecule has 2 rings (SSSR count). The molecule has 0 aromatic heterocycles. The summed E-state index contributed by atoms with van der Waals surface area (Å²) < 4.78 is 13.8. The number of Topliss-reactive ketones (excluding diaryl/α,β-unsaturated/α-hetero) is 1. The molecule has 0 atom stereocenters. The molecule has 0 saturated heterocycles. The van der Waals surface area contributed by atoms with E-state index in [4.69, 9.17) is 0 Å². The number of nitrogens with one attached hydrogen (secondary N) is 1. The lowest BCUT2D eigenvalue weighted by Gasteiger charge is -2.24. The summed E-state index contributed by atoms with van der Waals surface area (Å²) in [5, 5.41) is 3.18. The van der Waals surface area contributed by atoms with Gasteiger partial charge in [0.05, 0.1) is 5.56 Å². The molecule has 2 aromatic rings. The van der Waals surface area contributed by atoms with Gasteiger partial charge in [0.25, 0.3) is 0 Å². The molecule has 2 aromatic carbocycles. The van der Waals surface area contributed by atoms with Crippen LogP contribution in [0.4, 0.5) is 15.8 Å². The Hall–Kier alpha value is -2.36. The number of ketones is 1. The Kier molecular flexibility index (Phi) is 5.74. The van der Waals surface area contributed by atoms with Crippen molar-refractivity contribution < 1.29 is 9.18 Å². The Labute approximate surface area is 137 Å². The van der Waals surface area contributed by atoms with E-state index in [1.54, 1.807) is 12.1 Å². The first-order valence-corrected chi connectivity index (χ1v) is 7.88. The fourth-order valence-corrected chi connectivity index (χ4v) is 2.65. The predicted octanol–water partition coefficient (Wildman–Crippen LogP) is 4.28. The van der Waals surface area contributed by atoms with Crippen molar-refractivity contribution in [3.63, 3.8) is 0 Å². The molecule has 3 nitrogen and oxygen atoms in total. The van der Waals surface area contributed by atoms with E-state index in [-0.39, 0.29) is 11.3 Å². The third kappa shape index (κ3) is 4.31. The zero-order valence-electron chi connectivity index (χ0n) is 13.9. The molecule has 0 heterocycles.